The molecule has 0 saturated heterocycles. The van der Waals surface area contributed by atoms with Crippen molar-refractivity contribution in [2.24, 2.45) is 0 Å². The van der Waals surface area contributed by atoms with Gasteiger partial charge in [-0.05, 0) is 24.3 Å². The first-order valence-corrected chi connectivity index (χ1v) is 10.9. The van der Waals surface area contributed by atoms with Crippen molar-refractivity contribution in [3.8, 4) is 21.8 Å². The second-order valence-electron chi connectivity index (χ2n) is 6.14. The first-order chi connectivity index (χ1) is 13.9. The molecule has 0 bridgehead atoms. The summed E-state index contributed by atoms with van der Waals surface area (Å²) in [7, 11) is -4.43. The number of benzene rings is 3. The highest BCUT2D eigenvalue weighted by Gasteiger charge is 2.24. The summed E-state index contributed by atoms with van der Waals surface area (Å²) < 4.78 is 55.0. The fourth-order valence-electron chi connectivity index (χ4n) is 2.81. The molecule has 4 nitrogen and oxygen atoms in total. The Bertz CT molecular complexity index is 1250. The van der Waals surface area contributed by atoms with Crippen LogP contribution in [0.2, 0.25) is 0 Å². The van der Waals surface area contributed by atoms with Gasteiger partial charge in [0.05, 0.1) is 5.69 Å². The molecule has 0 fully saturated rings. The van der Waals surface area contributed by atoms with Crippen molar-refractivity contribution >= 4 is 27.0 Å². The molecule has 1 aromatic heterocycles. The highest BCUT2D eigenvalue weighted by Crippen LogP contribution is 2.30. The third-order valence-electron chi connectivity index (χ3n) is 4.12. The second-order valence-corrected chi connectivity index (χ2v) is 8.62. The summed E-state index contributed by atoms with van der Waals surface area (Å²) in [6.45, 7) is 0. The van der Waals surface area contributed by atoms with Crippen LogP contribution in [0.5, 0.6) is 0 Å². The van der Waals surface area contributed by atoms with E-state index in [1.807, 2.05) is 35.7 Å². The predicted molar refractivity (Wildman–Crippen MR) is 110 cm³/mol. The molecule has 4 rings (SSSR count). The zero-order valence-electron chi connectivity index (χ0n) is 14.8. The van der Waals surface area contributed by atoms with Crippen LogP contribution in [0.1, 0.15) is 0 Å². The first kappa shape index (κ1) is 19.2. The molecule has 0 unspecified atom stereocenters. The van der Waals surface area contributed by atoms with Gasteiger partial charge in [0.25, 0.3) is 10.0 Å². The minimum absolute atomic E-state index is 0.180. The number of hydrogen-bond acceptors (Lipinski definition) is 4. The maximum atomic E-state index is 13.9. The van der Waals surface area contributed by atoms with Crippen LogP contribution in [-0.2, 0) is 10.0 Å². The molecule has 0 saturated carbocycles. The Labute approximate surface area is 170 Å². The molecule has 1 heterocycles. The number of aromatic nitrogens is 1. The maximum absolute atomic E-state index is 13.9. The van der Waals surface area contributed by atoms with Gasteiger partial charge in [-0.2, -0.15) is 0 Å². The summed E-state index contributed by atoms with van der Waals surface area (Å²) in [6, 6.07) is 19.1. The minimum Gasteiger partial charge on any atom is -0.279 e. The fourth-order valence-corrected chi connectivity index (χ4v) is 4.83. The van der Waals surface area contributed by atoms with E-state index >= 15 is 0 Å². The van der Waals surface area contributed by atoms with Gasteiger partial charge in [-0.25, -0.2) is 22.2 Å². The maximum Gasteiger partial charge on any atom is 0.267 e. The Morgan fingerprint density at radius 2 is 1.48 bits per heavy atom. The SMILES string of the molecule is O=S(=O)(Nc1cccc(-c2csc(-c3ccccc3)n2)c1)c1c(F)cccc1F. The highest BCUT2D eigenvalue weighted by molar-refractivity contribution is 7.92. The van der Waals surface area contributed by atoms with Gasteiger partial charge in [-0.3, -0.25) is 4.72 Å². The van der Waals surface area contributed by atoms with Crippen molar-refractivity contribution in [2.75, 3.05) is 4.72 Å². The largest absolute Gasteiger partial charge is 0.279 e. The van der Waals surface area contributed by atoms with E-state index in [0.29, 0.717) is 11.3 Å². The average molecular weight is 428 g/mol. The predicted octanol–water partition coefficient (Wildman–Crippen LogP) is 5.56. The molecule has 8 heteroatoms. The molecule has 0 radical (unpaired) electrons. The number of anilines is 1. The molecule has 146 valence electrons. The lowest BCUT2D eigenvalue weighted by molar-refractivity contribution is 0.521. The van der Waals surface area contributed by atoms with Crippen LogP contribution < -0.4 is 4.72 Å². The van der Waals surface area contributed by atoms with Gasteiger partial charge in [0, 0.05) is 22.2 Å². The van der Waals surface area contributed by atoms with E-state index in [-0.39, 0.29) is 5.69 Å². The third-order valence-corrected chi connectivity index (χ3v) is 6.45. The van der Waals surface area contributed by atoms with Gasteiger partial charge in [-0.15, -0.1) is 11.3 Å². The van der Waals surface area contributed by atoms with Crippen LogP contribution in [0, 0.1) is 11.6 Å². The van der Waals surface area contributed by atoms with E-state index in [0.717, 1.165) is 28.8 Å². The molecule has 0 aliphatic carbocycles. The number of halogens is 2. The van der Waals surface area contributed by atoms with Crippen LogP contribution in [0.3, 0.4) is 0 Å². The number of nitrogens with zero attached hydrogens (tertiary/aromatic N) is 1. The summed E-state index contributed by atoms with van der Waals surface area (Å²) in [5.74, 6) is -2.30. The van der Waals surface area contributed by atoms with Crippen LogP contribution >= 0.6 is 11.3 Å². The Balaban J connectivity index is 1.64. The van der Waals surface area contributed by atoms with E-state index in [1.165, 1.54) is 17.4 Å². The second kappa shape index (κ2) is 7.73. The standard InChI is InChI=1S/C21H14F2N2O2S2/c22-17-10-5-11-18(23)20(17)29(26,27)25-16-9-4-8-15(12-16)19-13-28-21(24-19)14-6-2-1-3-7-14/h1-13,25H. The third kappa shape index (κ3) is 4.03. The van der Waals surface area contributed by atoms with Gasteiger partial charge in [0.15, 0.2) is 4.90 Å². The highest BCUT2D eigenvalue weighted by atomic mass is 32.2. The lowest BCUT2D eigenvalue weighted by Gasteiger charge is -2.10. The number of sulfonamides is 1. The Morgan fingerprint density at radius 1 is 0.828 bits per heavy atom. The zero-order chi connectivity index (χ0) is 20.4. The van der Waals surface area contributed by atoms with Gasteiger partial charge < -0.3 is 0 Å². The smallest absolute Gasteiger partial charge is 0.267 e. The van der Waals surface area contributed by atoms with Gasteiger partial charge >= 0.3 is 0 Å². The topological polar surface area (TPSA) is 59.1 Å². The molecule has 0 atom stereocenters. The van der Waals surface area contributed by atoms with E-state index in [4.69, 9.17) is 0 Å². The normalized spacial score (nSPS) is 11.4. The summed E-state index contributed by atoms with van der Waals surface area (Å²) in [6.07, 6.45) is 0. The molecule has 4 aromatic rings. The number of thiazole rings is 1. The van der Waals surface area contributed by atoms with Gasteiger partial charge in [0.1, 0.15) is 16.6 Å². The number of rotatable bonds is 5. The number of nitrogens with one attached hydrogen (secondary N) is 1. The summed E-state index contributed by atoms with van der Waals surface area (Å²) in [4.78, 5) is 3.59. The minimum atomic E-state index is -4.43. The van der Waals surface area contributed by atoms with Crippen molar-refractivity contribution in [3.63, 3.8) is 0 Å². The lowest BCUT2D eigenvalue weighted by Crippen LogP contribution is -2.16. The molecule has 0 amide bonds. The van der Waals surface area contributed by atoms with Crippen LogP contribution in [-0.4, -0.2) is 13.4 Å². The fraction of sp³-hybridized carbons (Fsp3) is 0. The summed E-state index contributed by atoms with van der Waals surface area (Å²) in [5.41, 5.74) is 2.51. The van der Waals surface area contributed by atoms with E-state index in [2.05, 4.69) is 9.71 Å². The van der Waals surface area contributed by atoms with Crippen molar-refractivity contribution in [2.45, 2.75) is 4.90 Å². The van der Waals surface area contributed by atoms with Crippen LogP contribution in [0.4, 0.5) is 14.5 Å². The number of hydrogen-bond donors (Lipinski definition) is 1. The van der Waals surface area contributed by atoms with Crippen LogP contribution in [0.15, 0.2) is 83.1 Å². The van der Waals surface area contributed by atoms with Crippen molar-refractivity contribution in [3.05, 3.63) is 89.8 Å². The molecule has 1 N–H and O–H groups in total. The van der Waals surface area contributed by atoms with Crippen LogP contribution in [0.25, 0.3) is 21.8 Å². The molecular weight excluding hydrogens is 414 g/mol. The molecule has 29 heavy (non-hydrogen) atoms. The van der Waals surface area contributed by atoms with Gasteiger partial charge in [0.2, 0.25) is 0 Å². The summed E-state index contributed by atoms with van der Waals surface area (Å²) >= 11 is 1.47. The van der Waals surface area contributed by atoms with E-state index in [1.54, 1.807) is 18.2 Å². The monoisotopic (exact) mass is 428 g/mol. The Morgan fingerprint density at radius 3 is 2.21 bits per heavy atom. The average Bonchev–Trinajstić information content (AvgIpc) is 3.18. The quantitative estimate of drug-likeness (QED) is 0.453. The Kier molecular flexibility index (Phi) is 5.12. The first-order valence-electron chi connectivity index (χ1n) is 8.52. The van der Waals surface area contributed by atoms with Gasteiger partial charge in [-0.1, -0.05) is 48.5 Å². The summed E-state index contributed by atoms with van der Waals surface area (Å²) in [5, 5.41) is 2.70. The molecule has 0 aliphatic rings. The zero-order valence-corrected chi connectivity index (χ0v) is 16.5. The molecule has 3 aromatic carbocycles. The van der Waals surface area contributed by atoms with Crippen molar-refractivity contribution in [1.29, 1.82) is 0 Å². The Hall–Kier alpha value is -3.10. The molecular formula is C21H14F2N2O2S2. The molecule has 0 spiro atoms. The van der Waals surface area contributed by atoms with Crippen molar-refractivity contribution < 1.29 is 17.2 Å². The lowest BCUT2D eigenvalue weighted by atomic mass is 10.1. The van der Waals surface area contributed by atoms with E-state index in [9.17, 15) is 17.2 Å². The van der Waals surface area contributed by atoms with E-state index < -0.39 is 26.6 Å². The van der Waals surface area contributed by atoms with Crippen molar-refractivity contribution in [1.82, 2.24) is 4.98 Å². The molecule has 0 aliphatic heterocycles.